The van der Waals surface area contributed by atoms with Crippen LogP contribution in [0.25, 0.3) is 22.2 Å². The number of methoxy groups -OCH3 is 1. The van der Waals surface area contributed by atoms with Crippen LogP contribution >= 0.6 is 0 Å². The summed E-state index contributed by atoms with van der Waals surface area (Å²) in [6.07, 6.45) is 1.76. The Morgan fingerprint density at radius 1 is 1.29 bits per heavy atom. The summed E-state index contributed by atoms with van der Waals surface area (Å²) in [5.41, 5.74) is 3.90. The molecule has 2 heterocycles. The van der Waals surface area contributed by atoms with Crippen molar-refractivity contribution in [2.24, 2.45) is 7.05 Å². The molecule has 3 aromatic rings. The molecule has 106 valence electrons. The Bertz CT molecular complexity index is 837. The van der Waals surface area contributed by atoms with Crippen LogP contribution in [0, 0.1) is 6.92 Å². The number of rotatable bonds is 2. The maximum Gasteiger partial charge on any atom is 0.338 e. The van der Waals surface area contributed by atoms with Gasteiger partial charge in [-0.25, -0.2) is 9.78 Å². The maximum absolute atomic E-state index is 12.0. The topological polar surface area (TPSA) is 57.0 Å². The van der Waals surface area contributed by atoms with Gasteiger partial charge in [0.2, 0.25) is 0 Å². The fourth-order valence-corrected chi connectivity index (χ4v) is 2.34. The minimum atomic E-state index is -0.364. The molecule has 0 radical (unpaired) electrons. The van der Waals surface area contributed by atoms with E-state index in [1.54, 1.807) is 16.9 Å². The lowest BCUT2D eigenvalue weighted by Crippen LogP contribution is -2.04. The van der Waals surface area contributed by atoms with Crippen LogP contribution in [0.2, 0.25) is 0 Å². The lowest BCUT2D eigenvalue weighted by Gasteiger charge is -2.08. The van der Waals surface area contributed by atoms with E-state index < -0.39 is 0 Å². The molecule has 0 unspecified atom stereocenters. The Morgan fingerprint density at radius 2 is 2.05 bits per heavy atom. The molecule has 0 spiro atoms. The number of hydrogen-bond donors (Lipinski definition) is 0. The highest BCUT2D eigenvalue weighted by molar-refractivity contribution is 6.04. The maximum atomic E-state index is 12.0. The summed E-state index contributed by atoms with van der Waals surface area (Å²) in [4.78, 5) is 16.7. The van der Waals surface area contributed by atoms with Crippen molar-refractivity contribution >= 4 is 16.9 Å². The predicted molar refractivity (Wildman–Crippen MR) is 80.0 cm³/mol. The van der Waals surface area contributed by atoms with Gasteiger partial charge in [0, 0.05) is 23.7 Å². The molecule has 0 saturated carbocycles. The summed E-state index contributed by atoms with van der Waals surface area (Å²) < 4.78 is 6.66. The van der Waals surface area contributed by atoms with Gasteiger partial charge in [0.1, 0.15) is 0 Å². The number of esters is 1. The van der Waals surface area contributed by atoms with Gasteiger partial charge in [0.15, 0.2) is 0 Å². The van der Waals surface area contributed by atoms with Crippen molar-refractivity contribution in [1.82, 2.24) is 14.8 Å². The van der Waals surface area contributed by atoms with Crippen LogP contribution in [0.1, 0.15) is 16.1 Å². The van der Waals surface area contributed by atoms with Crippen LogP contribution in [-0.2, 0) is 11.8 Å². The molecule has 1 aromatic carbocycles. The van der Waals surface area contributed by atoms with Gasteiger partial charge in [-0.2, -0.15) is 5.10 Å². The van der Waals surface area contributed by atoms with E-state index in [4.69, 9.17) is 4.74 Å². The average Bonchev–Trinajstić information content (AvgIpc) is 2.85. The highest BCUT2D eigenvalue weighted by atomic mass is 16.5. The van der Waals surface area contributed by atoms with Gasteiger partial charge in [-0.15, -0.1) is 0 Å². The molecule has 0 bridgehead atoms. The van der Waals surface area contributed by atoms with E-state index in [9.17, 15) is 4.79 Å². The fraction of sp³-hybridized carbons (Fsp3) is 0.188. The number of aromatic nitrogens is 3. The molecule has 0 aliphatic rings. The molecule has 0 aliphatic carbocycles. The number of hydrogen-bond acceptors (Lipinski definition) is 4. The lowest BCUT2D eigenvalue weighted by atomic mass is 10.0. The van der Waals surface area contributed by atoms with Gasteiger partial charge >= 0.3 is 5.97 Å². The van der Waals surface area contributed by atoms with Crippen molar-refractivity contribution in [1.29, 1.82) is 0 Å². The first kappa shape index (κ1) is 13.3. The first-order valence-electron chi connectivity index (χ1n) is 6.59. The number of aryl methyl sites for hydroxylation is 1. The molecule has 0 saturated heterocycles. The molecule has 3 rings (SSSR count). The van der Waals surface area contributed by atoms with E-state index in [-0.39, 0.29) is 5.97 Å². The molecule has 5 nitrogen and oxygen atoms in total. The van der Waals surface area contributed by atoms with Gasteiger partial charge in [0.25, 0.3) is 0 Å². The lowest BCUT2D eigenvalue weighted by molar-refractivity contribution is 0.0603. The second-order valence-corrected chi connectivity index (χ2v) is 4.83. The number of pyridine rings is 1. The van der Waals surface area contributed by atoms with Crippen molar-refractivity contribution in [2.45, 2.75) is 6.92 Å². The SMILES string of the molecule is COC(=O)c1cc(-c2cnn(C)c2C)nc2ccccc12. The van der Waals surface area contributed by atoms with E-state index in [1.165, 1.54) is 7.11 Å². The van der Waals surface area contributed by atoms with E-state index >= 15 is 0 Å². The Hall–Kier alpha value is -2.69. The van der Waals surface area contributed by atoms with E-state index in [0.717, 1.165) is 27.9 Å². The Morgan fingerprint density at radius 3 is 2.71 bits per heavy atom. The summed E-state index contributed by atoms with van der Waals surface area (Å²) in [5, 5.41) is 5.01. The van der Waals surface area contributed by atoms with Crippen molar-refractivity contribution in [3.05, 3.63) is 47.8 Å². The van der Waals surface area contributed by atoms with E-state index in [2.05, 4.69) is 10.1 Å². The van der Waals surface area contributed by atoms with Crippen LogP contribution in [-0.4, -0.2) is 27.8 Å². The Labute approximate surface area is 122 Å². The molecule has 2 aromatic heterocycles. The van der Waals surface area contributed by atoms with Gasteiger partial charge in [-0.1, -0.05) is 18.2 Å². The third-order valence-electron chi connectivity index (χ3n) is 3.63. The normalized spacial score (nSPS) is 10.8. The molecular formula is C16H15N3O2. The van der Waals surface area contributed by atoms with Gasteiger partial charge in [-0.05, 0) is 19.1 Å². The Kier molecular flexibility index (Phi) is 3.17. The van der Waals surface area contributed by atoms with Crippen LogP contribution in [0.15, 0.2) is 36.5 Å². The molecular weight excluding hydrogens is 266 g/mol. The monoisotopic (exact) mass is 281 g/mol. The van der Waals surface area contributed by atoms with Gasteiger partial charge in [-0.3, -0.25) is 4.68 Å². The number of fused-ring (bicyclic) bond motifs is 1. The molecule has 0 N–H and O–H groups in total. The zero-order chi connectivity index (χ0) is 15.0. The summed E-state index contributed by atoms with van der Waals surface area (Å²) >= 11 is 0. The highest BCUT2D eigenvalue weighted by Crippen LogP contribution is 2.27. The third-order valence-corrected chi connectivity index (χ3v) is 3.63. The Balaban J connectivity index is 2.30. The quantitative estimate of drug-likeness (QED) is 0.678. The van der Waals surface area contributed by atoms with Crippen LogP contribution < -0.4 is 0 Å². The molecule has 0 amide bonds. The second kappa shape index (κ2) is 5.01. The first-order valence-corrected chi connectivity index (χ1v) is 6.59. The molecule has 0 fully saturated rings. The standard InChI is InChI=1S/C16H15N3O2/c1-10-13(9-17-19(10)2)15-8-12(16(20)21-3)11-6-4-5-7-14(11)18-15/h4-9H,1-3H3. The number of carbonyl (C=O) groups excluding carboxylic acids is 1. The minimum Gasteiger partial charge on any atom is -0.465 e. The van der Waals surface area contributed by atoms with Crippen molar-refractivity contribution in [3.63, 3.8) is 0 Å². The van der Waals surface area contributed by atoms with Crippen LogP contribution in [0.5, 0.6) is 0 Å². The molecule has 21 heavy (non-hydrogen) atoms. The summed E-state index contributed by atoms with van der Waals surface area (Å²) in [5.74, 6) is -0.364. The number of para-hydroxylation sites is 1. The van der Waals surface area contributed by atoms with Gasteiger partial charge in [0.05, 0.1) is 30.1 Å². The minimum absolute atomic E-state index is 0.364. The zero-order valence-electron chi connectivity index (χ0n) is 12.1. The van der Waals surface area contributed by atoms with Crippen LogP contribution in [0.4, 0.5) is 0 Å². The number of nitrogens with zero attached hydrogens (tertiary/aromatic N) is 3. The van der Waals surface area contributed by atoms with Crippen LogP contribution in [0.3, 0.4) is 0 Å². The van der Waals surface area contributed by atoms with Crippen molar-refractivity contribution < 1.29 is 9.53 Å². The fourth-order valence-electron chi connectivity index (χ4n) is 2.34. The molecule has 5 heteroatoms. The number of ether oxygens (including phenoxy) is 1. The predicted octanol–water partition coefficient (Wildman–Crippen LogP) is 2.73. The molecule has 0 atom stereocenters. The van der Waals surface area contributed by atoms with Gasteiger partial charge < -0.3 is 4.74 Å². The van der Waals surface area contributed by atoms with Crippen molar-refractivity contribution in [3.8, 4) is 11.3 Å². The van der Waals surface area contributed by atoms with E-state index in [0.29, 0.717) is 5.56 Å². The summed E-state index contributed by atoms with van der Waals surface area (Å²) in [6.45, 7) is 1.97. The largest absolute Gasteiger partial charge is 0.465 e. The third kappa shape index (κ3) is 2.16. The zero-order valence-corrected chi connectivity index (χ0v) is 12.1. The summed E-state index contributed by atoms with van der Waals surface area (Å²) in [7, 11) is 3.26. The highest BCUT2D eigenvalue weighted by Gasteiger charge is 2.16. The average molecular weight is 281 g/mol. The number of carbonyl (C=O) groups is 1. The smallest absolute Gasteiger partial charge is 0.338 e. The second-order valence-electron chi connectivity index (χ2n) is 4.83. The van der Waals surface area contributed by atoms with Crippen molar-refractivity contribution in [2.75, 3.05) is 7.11 Å². The molecule has 0 aliphatic heterocycles. The summed E-state index contributed by atoms with van der Waals surface area (Å²) in [6, 6.07) is 9.30. The number of benzene rings is 1. The van der Waals surface area contributed by atoms with E-state index in [1.807, 2.05) is 38.2 Å². The first-order chi connectivity index (χ1) is 10.1.